The summed E-state index contributed by atoms with van der Waals surface area (Å²) >= 11 is 7.62. The Hall–Kier alpha value is -2.06. The number of hydrogen-bond acceptors (Lipinski definition) is 4. The molecule has 2 unspecified atom stereocenters. The Morgan fingerprint density at radius 2 is 2.00 bits per heavy atom. The standard InChI is InChI=1S/C22H25ClFN3O3S/c1-25-20(28)14-4-2-13(3-5-14)11-27-21(29)19-18(8-9-31-19)26(22(27)30)12-15-6-7-16(24)10-17(15)23/h6-10,13-14,18-19H,2-5,11-12H2,1H3,(H,25,28). The number of carbonyl (C=O) groups excluding carboxylic acids is 3. The van der Waals surface area contributed by atoms with Gasteiger partial charge in [-0.25, -0.2) is 9.18 Å². The van der Waals surface area contributed by atoms with Crippen LogP contribution in [0.25, 0.3) is 0 Å². The molecule has 166 valence electrons. The van der Waals surface area contributed by atoms with Crippen molar-refractivity contribution in [2.24, 2.45) is 11.8 Å². The van der Waals surface area contributed by atoms with E-state index >= 15 is 0 Å². The Morgan fingerprint density at radius 1 is 1.26 bits per heavy atom. The largest absolute Gasteiger partial charge is 0.359 e. The number of amides is 4. The molecule has 4 amide bonds. The van der Waals surface area contributed by atoms with Crippen LogP contribution in [-0.4, -0.2) is 52.5 Å². The van der Waals surface area contributed by atoms with Crippen molar-refractivity contribution in [1.82, 2.24) is 15.1 Å². The molecule has 6 nitrogen and oxygen atoms in total. The minimum atomic E-state index is -0.433. The summed E-state index contributed by atoms with van der Waals surface area (Å²) in [5.74, 6) is -0.356. The Labute approximate surface area is 190 Å². The molecule has 0 radical (unpaired) electrons. The van der Waals surface area contributed by atoms with Crippen LogP contribution >= 0.6 is 23.4 Å². The Kier molecular flexibility index (Phi) is 6.57. The average molecular weight is 466 g/mol. The lowest BCUT2D eigenvalue weighted by Gasteiger charge is -2.43. The first-order valence-corrected chi connectivity index (χ1v) is 11.8. The third-order valence-electron chi connectivity index (χ3n) is 6.42. The SMILES string of the molecule is CNC(=O)C1CCC(CN2C(=O)C3SC=CC3N(Cc3ccc(F)cc3Cl)C2=O)CC1. The van der Waals surface area contributed by atoms with Crippen molar-refractivity contribution in [1.29, 1.82) is 0 Å². The summed E-state index contributed by atoms with van der Waals surface area (Å²) in [5, 5.41) is 4.44. The molecular formula is C22H25ClFN3O3S. The smallest absolute Gasteiger partial charge is 0.327 e. The van der Waals surface area contributed by atoms with Gasteiger partial charge in [0.25, 0.3) is 0 Å². The van der Waals surface area contributed by atoms with E-state index in [0.717, 1.165) is 25.7 Å². The number of thioether (sulfide) groups is 1. The number of benzene rings is 1. The van der Waals surface area contributed by atoms with Gasteiger partial charge in [0.2, 0.25) is 11.8 Å². The first-order chi connectivity index (χ1) is 14.9. The number of carbonyl (C=O) groups is 3. The van der Waals surface area contributed by atoms with E-state index in [2.05, 4.69) is 5.32 Å². The summed E-state index contributed by atoms with van der Waals surface area (Å²) in [6.07, 6.45) is 5.00. The van der Waals surface area contributed by atoms with Gasteiger partial charge in [0.05, 0.1) is 6.04 Å². The molecule has 3 aliphatic rings. The predicted molar refractivity (Wildman–Crippen MR) is 118 cm³/mol. The van der Waals surface area contributed by atoms with Gasteiger partial charge in [-0.3, -0.25) is 14.5 Å². The molecule has 0 bridgehead atoms. The van der Waals surface area contributed by atoms with Crippen molar-refractivity contribution < 1.29 is 18.8 Å². The second-order valence-corrected chi connectivity index (χ2v) is 9.76. The quantitative estimate of drug-likeness (QED) is 0.718. The third kappa shape index (κ3) is 4.46. The molecule has 0 spiro atoms. The van der Waals surface area contributed by atoms with Gasteiger partial charge in [-0.1, -0.05) is 23.7 Å². The van der Waals surface area contributed by atoms with E-state index in [0.29, 0.717) is 12.1 Å². The van der Waals surface area contributed by atoms with Crippen LogP contribution in [0.3, 0.4) is 0 Å². The van der Waals surface area contributed by atoms with Crippen LogP contribution in [0.15, 0.2) is 29.7 Å². The highest BCUT2D eigenvalue weighted by molar-refractivity contribution is 8.03. The van der Waals surface area contributed by atoms with Crippen molar-refractivity contribution in [2.45, 2.75) is 43.5 Å². The van der Waals surface area contributed by atoms with E-state index in [9.17, 15) is 18.8 Å². The highest BCUT2D eigenvalue weighted by Crippen LogP contribution is 2.37. The summed E-state index contributed by atoms with van der Waals surface area (Å²) in [6.45, 7) is 0.562. The predicted octanol–water partition coefficient (Wildman–Crippen LogP) is 3.79. The highest BCUT2D eigenvalue weighted by Gasteiger charge is 2.47. The van der Waals surface area contributed by atoms with Crippen molar-refractivity contribution in [3.8, 4) is 0 Å². The number of halogens is 2. The van der Waals surface area contributed by atoms with Gasteiger partial charge in [-0.05, 0) is 54.7 Å². The molecule has 1 saturated heterocycles. The maximum absolute atomic E-state index is 13.4. The van der Waals surface area contributed by atoms with Crippen molar-refractivity contribution in [3.63, 3.8) is 0 Å². The molecule has 1 aromatic rings. The molecule has 0 aromatic heterocycles. The van der Waals surface area contributed by atoms with Gasteiger partial charge in [-0.15, -0.1) is 11.8 Å². The zero-order valence-electron chi connectivity index (χ0n) is 17.2. The highest BCUT2D eigenvalue weighted by atomic mass is 35.5. The molecule has 1 aliphatic carbocycles. The molecule has 2 heterocycles. The maximum Gasteiger partial charge on any atom is 0.327 e. The fourth-order valence-corrected chi connectivity index (χ4v) is 5.93. The lowest BCUT2D eigenvalue weighted by atomic mass is 9.81. The van der Waals surface area contributed by atoms with Crippen LogP contribution in [-0.2, 0) is 16.1 Å². The van der Waals surface area contributed by atoms with Crippen molar-refractivity contribution in [3.05, 3.63) is 46.1 Å². The van der Waals surface area contributed by atoms with Crippen LogP contribution in [0.5, 0.6) is 0 Å². The van der Waals surface area contributed by atoms with Crippen LogP contribution in [0.4, 0.5) is 9.18 Å². The summed E-state index contributed by atoms with van der Waals surface area (Å²) in [6, 6.07) is 3.45. The molecule has 2 fully saturated rings. The first-order valence-electron chi connectivity index (χ1n) is 10.5. The van der Waals surface area contributed by atoms with Crippen LogP contribution in [0, 0.1) is 17.7 Å². The van der Waals surface area contributed by atoms with E-state index in [1.165, 1.54) is 28.8 Å². The molecule has 9 heteroatoms. The van der Waals surface area contributed by atoms with Gasteiger partial charge < -0.3 is 10.2 Å². The number of hydrogen-bond donors (Lipinski definition) is 1. The number of nitrogens with zero attached hydrogens (tertiary/aromatic N) is 2. The minimum absolute atomic E-state index is 0.00472. The van der Waals surface area contributed by atoms with Gasteiger partial charge in [0, 0.05) is 31.1 Å². The average Bonchev–Trinajstić information content (AvgIpc) is 3.25. The Balaban J connectivity index is 1.49. The lowest BCUT2D eigenvalue weighted by Crippen LogP contribution is -2.62. The normalized spacial score (nSPS) is 28.1. The van der Waals surface area contributed by atoms with E-state index < -0.39 is 5.82 Å². The Bertz CT molecular complexity index is 919. The summed E-state index contributed by atoms with van der Waals surface area (Å²) in [5.41, 5.74) is 0.640. The van der Waals surface area contributed by atoms with Crippen molar-refractivity contribution >= 4 is 41.2 Å². The number of rotatable bonds is 5. The monoisotopic (exact) mass is 465 g/mol. The molecule has 1 N–H and O–H groups in total. The van der Waals surface area contributed by atoms with Gasteiger partial charge in [0.1, 0.15) is 11.1 Å². The first kappa shape index (κ1) is 22.1. The van der Waals surface area contributed by atoms with E-state index in [1.54, 1.807) is 18.0 Å². The van der Waals surface area contributed by atoms with Crippen LogP contribution in [0.1, 0.15) is 31.2 Å². The fraction of sp³-hybridized carbons (Fsp3) is 0.500. The molecule has 1 aromatic carbocycles. The zero-order valence-corrected chi connectivity index (χ0v) is 18.8. The maximum atomic E-state index is 13.4. The molecule has 4 rings (SSSR count). The third-order valence-corrected chi connectivity index (χ3v) is 7.86. The summed E-state index contributed by atoms with van der Waals surface area (Å²) < 4.78 is 13.4. The van der Waals surface area contributed by atoms with Crippen LogP contribution < -0.4 is 5.32 Å². The number of fused-ring (bicyclic) bond motifs is 1. The summed E-state index contributed by atoms with van der Waals surface area (Å²) in [4.78, 5) is 41.4. The van der Waals surface area contributed by atoms with E-state index in [-0.39, 0.29) is 52.5 Å². The summed E-state index contributed by atoms with van der Waals surface area (Å²) in [7, 11) is 1.64. The van der Waals surface area contributed by atoms with Gasteiger partial charge in [0.15, 0.2) is 0 Å². The second-order valence-electron chi connectivity index (χ2n) is 8.30. The van der Waals surface area contributed by atoms with Crippen LogP contribution in [0.2, 0.25) is 5.02 Å². The van der Waals surface area contributed by atoms with Gasteiger partial charge in [-0.2, -0.15) is 0 Å². The molecule has 31 heavy (non-hydrogen) atoms. The lowest BCUT2D eigenvalue weighted by molar-refractivity contribution is -0.132. The molecule has 1 saturated carbocycles. The minimum Gasteiger partial charge on any atom is -0.359 e. The number of urea groups is 1. The Morgan fingerprint density at radius 3 is 2.68 bits per heavy atom. The second kappa shape index (κ2) is 9.20. The molecular weight excluding hydrogens is 441 g/mol. The van der Waals surface area contributed by atoms with Crippen molar-refractivity contribution in [2.75, 3.05) is 13.6 Å². The molecule has 2 aliphatic heterocycles. The zero-order chi connectivity index (χ0) is 22.1. The number of imide groups is 1. The fourth-order valence-electron chi connectivity index (χ4n) is 4.64. The van der Waals surface area contributed by atoms with E-state index in [1.807, 2.05) is 11.5 Å². The topological polar surface area (TPSA) is 69.7 Å². The van der Waals surface area contributed by atoms with E-state index in [4.69, 9.17) is 11.6 Å². The van der Waals surface area contributed by atoms with Gasteiger partial charge >= 0.3 is 6.03 Å². The molecule has 2 atom stereocenters. The number of nitrogens with one attached hydrogen (secondary N) is 1.